The van der Waals surface area contributed by atoms with Gasteiger partial charge in [0, 0.05) is 26.3 Å². The maximum Gasteiger partial charge on any atom is 0.247 e. The number of carbonyl (C=O) groups is 1. The van der Waals surface area contributed by atoms with E-state index in [-0.39, 0.29) is 12.0 Å². The van der Waals surface area contributed by atoms with Crippen molar-refractivity contribution in [3.63, 3.8) is 0 Å². The third-order valence-corrected chi connectivity index (χ3v) is 4.13. The minimum atomic E-state index is -0.429. The molecule has 0 saturated carbocycles. The molecule has 134 valence electrons. The van der Waals surface area contributed by atoms with E-state index in [2.05, 4.69) is 15.4 Å². The summed E-state index contributed by atoms with van der Waals surface area (Å²) in [5.74, 6) is 0.931. The number of hydrogen-bond acceptors (Lipinski definition) is 6. The van der Waals surface area contributed by atoms with E-state index in [0.29, 0.717) is 37.9 Å². The Morgan fingerprint density at radius 1 is 1.44 bits per heavy atom. The van der Waals surface area contributed by atoms with Gasteiger partial charge in [-0.1, -0.05) is 35.5 Å². The number of methoxy groups -OCH3 is 1. The first-order chi connectivity index (χ1) is 12.2. The Kier molecular flexibility index (Phi) is 5.80. The van der Waals surface area contributed by atoms with Crippen molar-refractivity contribution in [1.29, 1.82) is 0 Å². The highest BCUT2D eigenvalue weighted by Crippen LogP contribution is 2.25. The molecule has 1 aliphatic heterocycles. The number of anilines is 1. The summed E-state index contributed by atoms with van der Waals surface area (Å²) in [5.41, 5.74) is 0.929. The van der Waals surface area contributed by atoms with E-state index in [1.165, 1.54) is 0 Å². The van der Waals surface area contributed by atoms with Crippen molar-refractivity contribution in [1.82, 2.24) is 10.1 Å². The molecule has 0 spiro atoms. The molecule has 7 nitrogen and oxygen atoms in total. The van der Waals surface area contributed by atoms with Crippen molar-refractivity contribution >= 4 is 11.7 Å². The fourth-order valence-electron chi connectivity index (χ4n) is 3.05. The van der Waals surface area contributed by atoms with Gasteiger partial charge in [0.1, 0.15) is 11.8 Å². The normalized spacial score (nSPS) is 19.5. The molecule has 1 amide bonds. The zero-order valence-corrected chi connectivity index (χ0v) is 14.5. The first-order valence-corrected chi connectivity index (χ1v) is 8.31. The number of ether oxygens (including phenoxy) is 2. The predicted octanol–water partition coefficient (Wildman–Crippen LogP) is 2.01. The number of nitrogens with one attached hydrogen (secondary N) is 1. The molecular formula is C18H23N3O4. The lowest BCUT2D eigenvalue weighted by Gasteiger charge is -2.37. The minimum Gasteiger partial charge on any atom is -0.382 e. The van der Waals surface area contributed by atoms with Gasteiger partial charge in [-0.3, -0.25) is 9.69 Å². The summed E-state index contributed by atoms with van der Waals surface area (Å²) in [6, 6.07) is 11.0. The molecule has 0 bridgehead atoms. The Hall–Kier alpha value is -2.22. The topological polar surface area (TPSA) is 76.8 Å². The molecule has 1 fully saturated rings. The summed E-state index contributed by atoms with van der Waals surface area (Å²) >= 11 is 0. The van der Waals surface area contributed by atoms with Gasteiger partial charge >= 0.3 is 0 Å². The van der Waals surface area contributed by atoms with Gasteiger partial charge in [0.15, 0.2) is 5.82 Å². The summed E-state index contributed by atoms with van der Waals surface area (Å²) in [6.45, 7) is 4.15. The van der Waals surface area contributed by atoms with Gasteiger partial charge in [0.25, 0.3) is 0 Å². The first-order valence-electron chi connectivity index (χ1n) is 8.31. The van der Waals surface area contributed by atoms with Crippen molar-refractivity contribution in [2.24, 2.45) is 0 Å². The molecule has 2 heterocycles. The van der Waals surface area contributed by atoms with Crippen LogP contribution in [0.5, 0.6) is 0 Å². The smallest absolute Gasteiger partial charge is 0.247 e. The van der Waals surface area contributed by atoms with Crippen LogP contribution in [-0.4, -0.2) is 55.5 Å². The van der Waals surface area contributed by atoms with Crippen molar-refractivity contribution in [3.8, 4) is 0 Å². The maximum absolute atomic E-state index is 13.0. The SMILES string of the molecule is COCC1CN(C(C(=O)Nc2cc(C)on2)c2ccccc2)CCO1. The Labute approximate surface area is 146 Å². The van der Waals surface area contributed by atoms with Crippen LogP contribution in [-0.2, 0) is 14.3 Å². The van der Waals surface area contributed by atoms with Crippen LogP contribution in [0.25, 0.3) is 0 Å². The van der Waals surface area contributed by atoms with E-state index in [1.54, 1.807) is 20.1 Å². The van der Waals surface area contributed by atoms with Crippen LogP contribution in [0.3, 0.4) is 0 Å². The van der Waals surface area contributed by atoms with Crippen LogP contribution in [0.15, 0.2) is 40.9 Å². The molecule has 1 aromatic heterocycles. The number of morpholine rings is 1. The second kappa shape index (κ2) is 8.24. The van der Waals surface area contributed by atoms with E-state index < -0.39 is 6.04 Å². The second-order valence-corrected chi connectivity index (χ2v) is 6.07. The summed E-state index contributed by atoms with van der Waals surface area (Å²) in [7, 11) is 1.65. The number of rotatable bonds is 6. The van der Waals surface area contributed by atoms with E-state index in [1.807, 2.05) is 30.3 Å². The summed E-state index contributed by atoms with van der Waals surface area (Å²) < 4.78 is 15.9. The lowest BCUT2D eigenvalue weighted by molar-refractivity contribution is -0.126. The first kappa shape index (κ1) is 17.6. The van der Waals surface area contributed by atoms with Crippen LogP contribution in [0, 0.1) is 6.92 Å². The van der Waals surface area contributed by atoms with Crippen LogP contribution in [0.1, 0.15) is 17.4 Å². The Morgan fingerprint density at radius 3 is 2.92 bits per heavy atom. The van der Waals surface area contributed by atoms with Crippen molar-refractivity contribution in [2.75, 3.05) is 38.7 Å². The number of benzene rings is 1. The van der Waals surface area contributed by atoms with Crippen molar-refractivity contribution < 1.29 is 18.8 Å². The molecule has 1 aliphatic rings. The molecule has 2 aromatic rings. The quantitative estimate of drug-likeness (QED) is 0.863. The highest BCUT2D eigenvalue weighted by molar-refractivity contribution is 5.94. The third-order valence-electron chi connectivity index (χ3n) is 4.13. The molecule has 1 saturated heterocycles. The zero-order valence-electron chi connectivity index (χ0n) is 14.5. The highest BCUT2D eigenvalue weighted by Gasteiger charge is 2.32. The molecule has 2 unspecified atom stereocenters. The van der Waals surface area contributed by atoms with Gasteiger partial charge < -0.3 is 19.3 Å². The van der Waals surface area contributed by atoms with Crippen LogP contribution < -0.4 is 5.32 Å². The molecule has 1 aromatic carbocycles. The van der Waals surface area contributed by atoms with Gasteiger partial charge in [0.05, 0.1) is 19.3 Å². The van der Waals surface area contributed by atoms with E-state index in [9.17, 15) is 4.79 Å². The van der Waals surface area contributed by atoms with Gasteiger partial charge in [-0.05, 0) is 12.5 Å². The molecule has 1 N–H and O–H groups in total. The van der Waals surface area contributed by atoms with Gasteiger partial charge in [-0.2, -0.15) is 0 Å². The summed E-state index contributed by atoms with van der Waals surface area (Å²) in [4.78, 5) is 15.1. The Morgan fingerprint density at radius 2 is 2.24 bits per heavy atom. The molecule has 0 aliphatic carbocycles. The van der Waals surface area contributed by atoms with Gasteiger partial charge in [-0.15, -0.1) is 0 Å². The van der Waals surface area contributed by atoms with Crippen molar-refractivity contribution in [3.05, 3.63) is 47.7 Å². The number of amides is 1. The minimum absolute atomic E-state index is 0.0490. The molecule has 25 heavy (non-hydrogen) atoms. The molecule has 2 atom stereocenters. The molecule has 0 radical (unpaired) electrons. The lowest BCUT2D eigenvalue weighted by Crippen LogP contribution is -2.48. The van der Waals surface area contributed by atoms with Crippen LogP contribution in [0.4, 0.5) is 5.82 Å². The fraction of sp³-hybridized carbons (Fsp3) is 0.444. The highest BCUT2D eigenvalue weighted by atomic mass is 16.5. The summed E-state index contributed by atoms with van der Waals surface area (Å²) in [6.07, 6.45) is -0.0490. The largest absolute Gasteiger partial charge is 0.382 e. The molecular weight excluding hydrogens is 322 g/mol. The Balaban J connectivity index is 1.81. The Bertz CT molecular complexity index is 687. The van der Waals surface area contributed by atoms with Gasteiger partial charge in [-0.25, -0.2) is 0 Å². The zero-order chi connectivity index (χ0) is 17.6. The number of carbonyl (C=O) groups excluding carboxylic acids is 1. The lowest BCUT2D eigenvalue weighted by atomic mass is 10.0. The number of hydrogen-bond donors (Lipinski definition) is 1. The van der Waals surface area contributed by atoms with Gasteiger partial charge in [0.2, 0.25) is 5.91 Å². The fourth-order valence-corrected chi connectivity index (χ4v) is 3.05. The van der Waals surface area contributed by atoms with Crippen LogP contribution >= 0.6 is 0 Å². The number of nitrogens with zero attached hydrogens (tertiary/aromatic N) is 2. The van der Waals surface area contributed by atoms with Crippen LogP contribution in [0.2, 0.25) is 0 Å². The van der Waals surface area contributed by atoms with E-state index in [0.717, 1.165) is 5.56 Å². The van der Waals surface area contributed by atoms with Crippen molar-refractivity contribution in [2.45, 2.75) is 19.1 Å². The third kappa shape index (κ3) is 4.45. The summed E-state index contributed by atoms with van der Waals surface area (Å²) in [5, 5.41) is 6.70. The maximum atomic E-state index is 13.0. The molecule has 3 rings (SSSR count). The second-order valence-electron chi connectivity index (χ2n) is 6.07. The predicted molar refractivity (Wildman–Crippen MR) is 92.2 cm³/mol. The van der Waals surface area contributed by atoms with E-state index >= 15 is 0 Å². The number of aromatic nitrogens is 1. The monoisotopic (exact) mass is 345 g/mol. The number of aryl methyl sites for hydroxylation is 1. The standard InChI is InChI=1S/C18H23N3O4/c1-13-10-16(20-25-13)19-18(22)17(14-6-4-3-5-7-14)21-8-9-24-15(11-21)12-23-2/h3-7,10,15,17H,8-9,11-12H2,1-2H3,(H,19,20,22). The molecule has 7 heteroatoms. The average molecular weight is 345 g/mol. The van der Waals surface area contributed by atoms with E-state index in [4.69, 9.17) is 14.0 Å². The average Bonchev–Trinajstić information content (AvgIpc) is 3.01.